The third-order valence-corrected chi connectivity index (χ3v) is 4.75. The molecule has 1 aliphatic carbocycles. The van der Waals surface area contributed by atoms with Crippen LogP contribution in [-0.4, -0.2) is 37.5 Å². The molecule has 0 aromatic heterocycles. The molecule has 1 aromatic carbocycles. The first-order chi connectivity index (χ1) is 11.7. The Balaban J connectivity index is 1.69. The van der Waals surface area contributed by atoms with Crippen LogP contribution in [0.1, 0.15) is 50.1 Å². The van der Waals surface area contributed by atoms with Crippen molar-refractivity contribution in [3.8, 4) is 0 Å². The number of benzene rings is 1. The average molecular weight is 334 g/mol. The molecule has 5 heteroatoms. The summed E-state index contributed by atoms with van der Waals surface area (Å²) in [6, 6.07) is 9.48. The van der Waals surface area contributed by atoms with Gasteiger partial charge in [0.15, 0.2) is 0 Å². The molecular formula is C19H30N2O3. The van der Waals surface area contributed by atoms with Gasteiger partial charge in [-0.1, -0.05) is 43.2 Å². The number of hydrogen-bond acceptors (Lipinski definition) is 3. The maximum Gasteiger partial charge on any atom is 0.315 e. The Morgan fingerprint density at radius 2 is 2.04 bits per heavy atom. The first kappa shape index (κ1) is 18.7. The van der Waals surface area contributed by atoms with E-state index < -0.39 is 0 Å². The SMILES string of the molecule is COCC(NC(=O)NCCCC1CCCCC1O)c1ccccc1. The Bertz CT molecular complexity index is 481. The second kappa shape index (κ2) is 10.3. The largest absolute Gasteiger partial charge is 0.393 e. The maximum absolute atomic E-state index is 12.1. The standard InChI is InChI=1S/C19H30N2O3/c1-24-14-17(15-8-3-2-4-9-15)21-19(23)20-13-7-11-16-10-5-6-12-18(16)22/h2-4,8-9,16-18,22H,5-7,10-14H2,1H3,(H2,20,21,23). The summed E-state index contributed by atoms with van der Waals surface area (Å²) in [4.78, 5) is 12.1. The van der Waals surface area contributed by atoms with Crippen LogP contribution in [0, 0.1) is 5.92 Å². The number of methoxy groups -OCH3 is 1. The molecule has 0 radical (unpaired) electrons. The van der Waals surface area contributed by atoms with Crippen LogP contribution in [0.25, 0.3) is 0 Å². The monoisotopic (exact) mass is 334 g/mol. The van der Waals surface area contributed by atoms with E-state index in [1.165, 1.54) is 6.42 Å². The molecule has 0 spiro atoms. The molecule has 1 aromatic rings. The lowest BCUT2D eigenvalue weighted by atomic mass is 9.83. The molecule has 0 saturated heterocycles. The summed E-state index contributed by atoms with van der Waals surface area (Å²) >= 11 is 0. The molecule has 2 amide bonds. The summed E-state index contributed by atoms with van der Waals surface area (Å²) in [5.74, 6) is 0.397. The summed E-state index contributed by atoms with van der Waals surface area (Å²) in [7, 11) is 1.63. The lowest BCUT2D eigenvalue weighted by molar-refractivity contribution is 0.0644. The van der Waals surface area contributed by atoms with Crippen molar-refractivity contribution in [2.75, 3.05) is 20.3 Å². The number of hydrogen-bond donors (Lipinski definition) is 3. The molecule has 0 heterocycles. The van der Waals surface area contributed by atoms with Gasteiger partial charge in [-0.3, -0.25) is 0 Å². The molecule has 5 nitrogen and oxygen atoms in total. The van der Waals surface area contributed by atoms with Crippen LogP contribution in [0.5, 0.6) is 0 Å². The fourth-order valence-electron chi connectivity index (χ4n) is 3.37. The van der Waals surface area contributed by atoms with E-state index >= 15 is 0 Å². The van der Waals surface area contributed by atoms with Crippen molar-refractivity contribution in [3.05, 3.63) is 35.9 Å². The van der Waals surface area contributed by atoms with Crippen LogP contribution in [-0.2, 0) is 4.74 Å². The second-order valence-electron chi connectivity index (χ2n) is 6.57. The van der Waals surface area contributed by atoms with Gasteiger partial charge in [0.2, 0.25) is 0 Å². The molecule has 3 atom stereocenters. The van der Waals surface area contributed by atoms with Gasteiger partial charge in [-0.25, -0.2) is 4.79 Å². The van der Waals surface area contributed by atoms with Crippen LogP contribution >= 0.6 is 0 Å². The van der Waals surface area contributed by atoms with E-state index in [2.05, 4.69) is 10.6 Å². The Morgan fingerprint density at radius 3 is 2.75 bits per heavy atom. The van der Waals surface area contributed by atoms with Gasteiger partial charge in [0.25, 0.3) is 0 Å². The number of nitrogens with one attached hydrogen (secondary N) is 2. The van der Waals surface area contributed by atoms with Crippen molar-refractivity contribution in [1.29, 1.82) is 0 Å². The smallest absolute Gasteiger partial charge is 0.315 e. The maximum atomic E-state index is 12.1. The van der Waals surface area contributed by atoms with Crippen molar-refractivity contribution in [2.45, 2.75) is 50.7 Å². The first-order valence-electron chi connectivity index (χ1n) is 8.97. The van der Waals surface area contributed by atoms with Crippen molar-refractivity contribution < 1.29 is 14.6 Å². The number of carbonyl (C=O) groups excluding carboxylic acids is 1. The molecule has 3 N–H and O–H groups in total. The molecule has 24 heavy (non-hydrogen) atoms. The zero-order valence-corrected chi connectivity index (χ0v) is 14.5. The predicted molar refractivity (Wildman–Crippen MR) is 94.8 cm³/mol. The molecular weight excluding hydrogens is 304 g/mol. The number of carbonyl (C=O) groups is 1. The van der Waals surface area contributed by atoms with Gasteiger partial charge >= 0.3 is 6.03 Å². The number of aliphatic hydroxyl groups excluding tert-OH is 1. The minimum absolute atomic E-state index is 0.156. The summed E-state index contributed by atoms with van der Waals surface area (Å²) in [5.41, 5.74) is 1.03. The summed E-state index contributed by atoms with van der Waals surface area (Å²) in [6.45, 7) is 1.06. The highest BCUT2D eigenvalue weighted by Crippen LogP contribution is 2.27. The lowest BCUT2D eigenvalue weighted by Gasteiger charge is -2.27. The van der Waals surface area contributed by atoms with E-state index in [0.29, 0.717) is 19.1 Å². The van der Waals surface area contributed by atoms with Crippen molar-refractivity contribution in [1.82, 2.24) is 10.6 Å². The van der Waals surface area contributed by atoms with Gasteiger partial charge in [-0.05, 0) is 37.2 Å². The number of urea groups is 1. The number of amides is 2. The minimum Gasteiger partial charge on any atom is -0.393 e. The van der Waals surface area contributed by atoms with E-state index in [-0.39, 0.29) is 18.2 Å². The molecule has 1 saturated carbocycles. The summed E-state index contributed by atoms with van der Waals surface area (Å²) < 4.78 is 5.21. The predicted octanol–water partition coefficient (Wildman–Crippen LogP) is 3.00. The van der Waals surface area contributed by atoms with Gasteiger partial charge in [0.05, 0.1) is 18.8 Å². The second-order valence-corrected chi connectivity index (χ2v) is 6.57. The van der Waals surface area contributed by atoms with E-state index in [9.17, 15) is 9.90 Å². The van der Waals surface area contributed by atoms with Crippen LogP contribution in [0.15, 0.2) is 30.3 Å². The molecule has 0 aliphatic heterocycles. The van der Waals surface area contributed by atoms with Gasteiger partial charge in [0.1, 0.15) is 0 Å². The fraction of sp³-hybridized carbons (Fsp3) is 0.632. The van der Waals surface area contributed by atoms with E-state index in [4.69, 9.17) is 4.74 Å². The average Bonchev–Trinajstić information content (AvgIpc) is 2.60. The van der Waals surface area contributed by atoms with Crippen molar-refractivity contribution in [2.24, 2.45) is 5.92 Å². The Hall–Kier alpha value is -1.59. The van der Waals surface area contributed by atoms with E-state index in [0.717, 1.165) is 37.7 Å². The topological polar surface area (TPSA) is 70.6 Å². The number of ether oxygens (including phenoxy) is 1. The zero-order valence-electron chi connectivity index (χ0n) is 14.5. The van der Waals surface area contributed by atoms with Gasteiger partial charge in [-0.2, -0.15) is 0 Å². The number of rotatable bonds is 8. The highest BCUT2D eigenvalue weighted by atomic mass is 16.5. The van der Waals surface area contributed by atoms with Crippen LogP contribution in [0.4, 0.5) is 4.79 Å². The highest BCUT2D eigenvalue weighted by Gasteiger charge is 2.22. The third-order valence-electron chi connectivity index (χ3n) is 4.75. The van der Waals surface area contributed by atoms with E-state index in [1.807, 2.05) is 30.3 Å². The van der Waals surface area contributed by atoms with Gasteiger partial charge in [-0.15, -0.1) is 0 Å². The summed E-state index contributed by atoms with van der Waals surface area (Å²) in [6.07, 6.45) is 6.10. The molecule has 0 bridgehead atoms. The Kier molecular flexibility index (Phi) is 8.05. The third kappa shape index (κ3) is 6.13. The van der Waals surface area contributed by atoms with Gasteiger partial charge < -0.3 is 20.5 Å². The Labute approximate surface area is 144 Å². The molecule has 2 rings (SSSR count). The molecule has 3 unspecified atom stereocenters. The van der Waals surface area contributed by atoms with E-state index in [1.54, 1.807) is 7.11 Å². The molecule has 1 aliphatic rings. The summed E-state index contributed by atoms with van der Waals surface area (Å²) in [5, 5.41) is 15.8. The van der Waals surface area contributed by atoms with Crippen molar-refractivity contribution >= 4 is 6.03 Å². The lowest BCUT2D eigenvalue weighted by Crippen LogP contribution is -2.40. The van der Waals surface area contributed by atoms with Crippen LogP contribution in [0.3, 0.4) is 0 Å². The van der Waals surface area contributed by atoms with Crippen LogP contribution < -0.4 is 10.6 Å². The van der Waals surface area contributed by atoms with Gasteiger partial charge in [0, 0.05) is 13.7 Å². The fourth-order valence-corrected chi connectivity index (χ4v) is 3.37. The van der Waals surface area contributed by atoms with Crippen molar-refractivity contribution in [3.63, 3.8) is 0 Å². The zero-order chi connectivity index (χ0) is 17.2. The number of aliphatic hydroxyl groups is 1. The normalized spacial score (nSPS) is 21.9. The molecule has 134 valence electrons. The quantitative estimate of drug-likeness (QED) is 0.640. The molecule has 1 fully saturated rings. The highest BCUT2D eigenvalue weighted by molar-refractivity contribution is 5.74. The Morgan fingerprint density at radius 1 is 1.29 bits per heavy atom. The first-order valence-corrected chi connectivity index (χ1v) is 8.97. The minimum atomic E-state index is -0.176. The van der Waals surface area contributed by atoms with Crippen LogP contribution in [0.2, 0.25) is 0 Å².